The first kappa shape index (κ1) is 17.5. The Hall–Kier alpha value is -3.35. The summed E-state index contributed by atoms with van der Waals surface area (Å²) in [6.07, 6.45) is 2.32. The first-order chi connectivity index (χ1) is 12.5. The minimum atomic E-state index is -0.912. The van der Waals surface area contributed by atoms with E-state index in [9.17, 15) is 9.59 Å². The molecular formula is C19H19N3O4. The van der Waals surface area contributed by atoms with Gasteiger partial charge in [-0.2, -0.15) is 5.10 Å². The van der Waals surface area contributed by atoms with Crippen molar-refractivity contribution in [1.82, 2.24) is 15.1 Å². The van der Waals surface area contributed by atoms with Gasteiger partial charge in [0, 0.05) is 11.9 Å². The first-order valence-electron chi connectivity index (χ1n) is 8.17. The molecule has 1 atom stereocenters. The van der Waals surface area contributed by atoms with Crippen molar-refractivity contribution in [2.75, 3.05) is 0 Å². The van der Waals surface area contributed by atoms with E-state index >= 15 is 0 Å². The summed E-state index contributed by atoms with van der Waals surface area (Å²) in [4.78, 5) is 24.2. The second kappa shape index (κ2) is 7.69. The molecule has 0 bridgehead atoms. The highest BCUT2D eigenvalue weighted by atomic mass is 16.5. The predicted octanol–water partition coefficient (Wildman–Crippen LogP) is 2.64. The summed E-state index contributed by atoms with van der Waals surface area (Å²) in [5.74, 6) is -0.325. The van der Waals surface area contributed by atoms with Crippen molar-refractivity contribution in [2.24, 2.45) is 0 Å². The number of furan rings is 1. The molecule has 1 aromatic carbocycles. The van der Waals surface area contributed by atoms with E-state index < -0.39 is 18.0 Å². The van der Waals surface area contributed by atoms with E-state index in [1.165, 1.54) is 13.2 Å². The van der Waals surface area contributed by atoms with Gasteiger partial charge in [-0.1, -0.05) is 0 Å². The molecule has 0 saturated heterocycles. The third-order valence-corrected chi connectivity index (χ3v) is 3.85. The van der Waals surface area contributed by atoms with E-state index in [1.54, 1.807) is 47.3 Å². The second-order valence-corrected chi connectivity index (χ2v) is 5.78. The number of benzene rings is 1. The van der Waals surface area contributed by atoms with E-state index in [4.69, 9.17) is 9.15 Å². The van der Waals surface area contributed by atoms with Crippen molar-refractivity contribution in [3.8, 4) is 5.69 Å². The van der Waals surface area contributed by atoms with Crippen LogP contribution in [-0.2, 0) is 16.1 Å². The summed E-state index contributed by atoms with van der Waals surface area (Å²) < 4.78 is 12.1. The molecule has 0 fully saturated rings. The molecular weight excluding hydrogens is 334 g/mol. The molecule has 0 aliphatic heterocycles. The fourth-order valence-electron chi connectivity index (χ4n) is 2.39. The van der Waals surface area contributed by atoms with Crippen LogP contribution in [0.15, 0.2) is 59.3 Å². The Morgan fingerprint density at radius 1 is 1.23 bits per heavy atom. The summed E-state index contributed by atoms with van der Waals surface area (Å²) in [6, 6.07) is 12.2. The number of nitrogens with one attached hydrogen (secondary N) is 1. The maximum Gasteiger partial charge on any atom is 0.338 e. The normalized spacial score (nSPS) is 11.8. The Balaban J connectivity index is 1.57. The topological polar surface area (TPSA) is 86.4 Å². The number of amides is 1. The second-order valence-electron chi connectivity index (χ2n) is 5.78. The van der Waals surface area contributed by atoms with Gasteiger partial charge in [-0.15, -0.1) is 0 Å². The zero-order chi connectivity index (χ0) is 18.5. The van der Waals surface area contributed by atoms with Crippen molar-refractivity contribution >= 4 is 11.9 Å². The monoisotopic (exact) mass is 353 g/mol. The number of nitrogens with zero attached hydrogens (tertiary/aromatic N) is 2. The van der Waals surface area contributed by atoms with Crippen LogP contribution < -0.4 is 5.32 Å². The van der Waals surface area contributed by atoms with Gasteiger partial charge in [0.25, 0.3) is 5.91 Å². The first-order valence-corrected chi connectivity index (χ1v) is 8.17. The molecule has 0 unspecified atom stereocenters. The molecule has 1 N–H and O–H groups in total. The maximum atomic E-state index is 12.2. The Bertz CT molecular complexity index is 882. The number of rotatable bonds is 6. The Morgan fingerprint density at radius 3 is 2.62 bits per heavy atom. The average Bonchev–Trinajstić information content (AvgIpc) is 3.31. The van der Waals surface area contributed by atoms with Crippen molar-refractivity contribution in [3.05, 3.63) is 71.9 Å². The van der Waals surface area contributed by atoms with E-state index in [-0.39, 0.29) is 6.54 Å². The number of carbonyl (C=O) groups is 2. The number of hydrogen-bond acceptors (Lipinski definition) is 5. The van der Waals surface area contributed by atoms with Crippen LogP contribution in [0, 0.1) is 6.92 Å². The van der Waals surface area contributed by atoms with Gasteiger partial charge in [-0.3, -0.25) is 4.79 Å². The minimum absolute atomic E-state index is 0.242. The summed E-state index contributed by atoms with van der Waals surface area (Å²) in [6.45, 7) is 3.71. The molecule has 0 radical (unpaired) electrons. The van der Waals surface area contributed by atoms with Gasteiger partial charge in [0.15, 0.2) is 6.10 Å². The molecule has 3 rings (SSSR count). The summed E-state index contributed by atoms with van der Waals surface area (Å²) in [7, 11) is 0. The molecule has 0 spiro atoms. The molecule has 3 aromatic rings. The van der Waals surface area contributed by atoms with Crippen LogP contribution in [0.2, 0.25) is 0 Å². The highest BCUT2D eigenvalue weighted by Gasteiger charge is 2.19. The van der Waals surface area contributed by atoms with Crippen LogP contribution in [0.5, 0.6) is 0 Å². The van der Waals surface area contributed by atoms with Crippen molar-refractivity contribution in [1.29, 1.82) is 0 Å². The van der Waals surface area contributed by atoms with E-state index in [1.807, 2.05) is 13.0 Å². The maximum absolute atomic E-state index is 12.2. The number of hydrogen-bond donors (Lipinski definition) is 1. The van der Waals surface area contributed by atoms with Crippen molar-refractivity contribution in [3.63, 3.8) is 0 Å². The van der Waals surface area contributed by atoms with E-state index in [2.05, 4.69) is 10.4 Å². The van der Waals surface area contributed by atoms with Crippen molar-refractivity contribution < 1.29 is 18.7 Å². The molecule has 1 amide bonds. The Labute approximate surface area is 150 Å². The molecule has 0 aliphatic rings. The van der Waals surface area contributed by atoms with Gasteiger partial charge in [0.2, 0.25) is 0 Å². The van der Waals surface area contributed by atoms with Gasteiger partial charge >= 0.3 is 5.97 Å². The number of aryl methyl sites for hydroxylation is 1. The lowest BCUT2D eigenvalue weighted by atomic mass is 10.2. The van der Waals surface area contributed by atoms with Crippen LogP contribution >= 0.6 is 0 Å². The fraction of sp³-hybridized carbons (Fsp3) is 0.211. The summed E-state index contributed by atoms with van der Waals surface area (Å²) in [5, 5.41) is 6.87. The zero-order valence-electron chi connectivity index (χ0n) is 14.5. The minimum Gasteiger partial charge on any atom is -0.467 e. The van der Waals surface area contributed by atoms with Gasteiger partial charge in [-0.25, -0.2) is 9.48 Å². The number of esters is 1. The number of ether oxygens (including phenoxy) is 1. The highest BCUT2D eigenvalue weighted by Crippen LogP contribution is 2.13. The van der Waals surface area contributed by atoms with Crippen LogP contribution in [0.4, 0.5) is 0 Å². The lowest BCUT2D eigenvalue weighted by molar-refractivity contribution is -0.129. The van der Waals surface area contributed by atoms with Gasteiger partial charge in [-0.05, 0) is 56.3 Å². The van der Waals surface area contributed by atoms with E-state index in [0.717, 1.165) is 11.4 Å². The highest BCUT2D eigenvalue weighted by molar-refractivity contribution is 5.92. The molecule has 26 heavy (non-hydrogen) atoms. The fourth-order valence-corrected chi connectivity index (χ4v) is 2.39. The van der Waals surface area contributed by atoms with Crippen LogP contribution in [0.3, 0.4) is 0 Å². The molecule has 0 aliphatic carbocycles. The zero-order valence-corrected chi connectivity index (χ0v) is 14.5. The Kier molecular flexibility index (Phi) is 5.17. The van der Waals surface area contributed by atoms with Crippen LogP contribution in [0.1, 0.15) is 28.7 Å². The van der Waals surface area contributed by atoms with Gasteiger partial charge in [0.05, 0.1) is 24.1 Å². The molecule has 7 heteroatoms. The summed E-state index contributed by atoms with van der Waals surface area (Å²) in [5.41, 5.74) is 2.19. The van der Waals surface area contributed by atoms with Crippen molar-refractivity contribution in [2.45, 2.75) is 26.5 Å². The van der Waals surface area contributed by atoms with Gasteiger partial charge in [0.1, 0.15) is 5.76 Å². The molecule has 2 aromatic heterocycles. The number of carbonyl (C=O) groups excluding carboxylic acids is 2. The lowest BCUT2D eigenvalue weighted by Crippen LogP contribution is -2.35. The standard InChI is InChI=1S/C19H19N3O4/c1-13-9-10-21-22(13)16-7-5-15(6-8-16)19(24)26-14(2)18(23)20-12-17-4-3-11-25-17/h3-11,14H,12H2,1-2H3,(H,20,23)/t14-/m1/s1. The van der Waals surface area contributed by atoms with E-state index in [0.29, 0.717) is 11.3 Å². The SMILES string of the molecule is Cc1ccnn1-c1ccc(C(=O)O[C@H](C)C(=O)NCc2ccco2)cc1. The number of aromatic nitrogens is 2. The third-order valence-electron chi connectivity index (χ3n) is 3.85. The molecule has 2 heterocycles. The van der Waals surface area contributed by atoms with Gasteiger partial charge < -0.3 is 14.5 Å². The average molecular weight is 353 g/mol. The Morgan fingerprint density at radius 2 is 2.00 bits per heavy atom. The molecule has 134 valence electrons. The molecule has 0 saturated carbocycles. The summed E-state index contributed by atoms with van der Waals surface area (Å²) >= 11 is 0. The molecule has 7 nitrogen and oxygen atoms in total. The quantitative estimate of drug-likeness (QED) is 0.689. The lowest BCUT2D eigenvalue weighted by Gasteiger charge is -2.13. The third kappa shape index (κ3) is 4.00. The van der Waals surface area contributed by atoms with Crippen LogP contribution in [0.25, 0.3) is 5.69 Å². The largest absolute Gasteiger partial charge is 0.467 e. The predicted molar refractivity (Wildman–Crippen MR) is 93.7 cm³/mol. The smallest absolute Gasteiger partial charge is 0.338 e. The van der Waals surface area contributed by atoms with Crippen LogP contribution in [-0.4, -0.2) is 27.8 Å².